The first-order valence-electron chi connectivity index (χ1n) is 6.87. The van der Waals surface area contributed by atoms with Crippen molar-refractivity contribution >= 4 is 0 Å². The van der Waals surface area contributed by atoms with Crippen LogP contribution in [-0.4, -0.2) is 0 Å². The van der Waals surface area contributed by atoms with E-state index in [1.807, 2.05) is 0 Å². The Morgan fingerprint density at radius 1 is 1.13 bits per heavy atom. The van der Waals surface area contributed by atoms with Gasteiger partial charge in [-0.15, -0.1) is 6.58 Å². The fourth-order valence-electron chi connectivity index (χ4n) is 4.93. The third kappa shape index (κ3) is 1.48. The Balaban J connectivity index is 1.61. The van der Waals surface area contributed by atoms with Crippen molar-refractivity contribution in [2.45, 2.75) is 51.9 Å². The summed E-state index contributed by atoms with van der Waals surface area (Å²) in [6.45, 7) is 6.33. The molecule has 1 spiro atoms. The van der Waals surface area contributed by atoms with E-state index in [1.165, 1.54) is 19.3 Å². The van der Waals surface area contributed by atoms with E-state index >= 15 is 0 Å². The van der Waals surface area contributed by atoms with Crippen molar-refractivity contribution in [3.8, 4) is 0 Å². The van der Waals surface area contributed by atoms with E-state index in [1.54, 1.807) is 25.7 Å². The highest BCUT2D eigenvalue weighted by molar-refractivity contribution is 5.06. The molecule has 3 aliphatic carbocycles. The third-order valence-corrected chi connectivity index (χ3v) is 5.62. The van der Waals surface area contributed by atoms with E-state index in [4.69, 9.17) is 0 Å². The van der Waals surface area contributed by atoms with Gasteiger partial charge in [0.05, 0.1) is 0 Å². The number of rotatable bonds is 2. The number of allylic oxidation sites excluding steroid dienone is 1. The molecule has 0 heteroatoms. The summed E-state index contributed by atoms with van der Waals surface area (Å²) in [5, 5.41) is 0. The van der Waals surface area contributed by atoms with Crippen LogP contribution in [0.2, 0.25) is 0 Å². The van der Waals surface area contributed by atoms with E-state index in [-0.39, 0.29) is 0 Å². The molecule has 0 aromatic carbocycles. The second-order valence-electron chi connectivity index (χ2n) is 6.58. The maximum absolute atomic E-state index is 3.97. The molecule has 0 heterocycles. The molecule has 84 valence electrons. The second kappa shape index (κ2) is 3.37. The number of hydrogen-bond acceptors (Lipinski definition) is 0. The maximum atomic E-state index is 3.97. The highest BCUT2D eigenvalue weighted by Crippen LogP contribution is 2.64. The molecule has 0 N–H and O–H groups in total. The molecule has 2 atom stereocenters. The van der Waals surface area contributed by atoms with Crippen LogP contribution in [0.15, 0.2) is 12.7 Å². The zero-order valence-electron chi connectivity index (χ0n) is 10.0. The van der Waals surface area contributed by atoms with Crippen molar-refractivity contribution < 1.29 is 0 Å². The van der Waals surface area contributed by atoms with Gasteiger partial charge in [0.25, 0.3) is 0 Å². The van der Waals surface area contributed by atoms with Gasteiger partial charge in [0.15, 0.2) is 0 Å². The van der Waals surface area contributed by atoms with Crippen molar-refractivity contribution in [3.05, 3.63) is 12.7 Å². The number of hydrogen-bond donors (Lipinski definition) is 0. The molecule has 0 saturated heterocycles. The number of fused-ring (bicyclic) bond motifs is 1. The molecule has 0 aromatic rings. The molecule has 3 fully saturated rings. The normalized spacial score (nSPS) is 52.9. The zero-order valence-corrected chi connectivity index (χ0v) is 10.0. The van der Waals surface area contributed by atoms with Crippen LogP contribution in [0.5, 0.6) is 0 Å². The van der Waals surface area contributed by atoms with Crippen molar-refractivity contribution in [3.63, 3.8) is 0 Å². The molecule has 15 heavy (non-hydrogen) atoms. The van der Waals surface area contributed by atoms with Crippen LogP contribution in [0, 0.1) is 29.1 Å². The van der Waals surface area contributed by atoms with E-state index in [2.05, 4.69) is 19.6 Å². The van der Waals surface area contributed by atoms with Gasteiger partial charge in [0, 0.05) is 0 Å². The summed E-state index contributed by atoms with van der Waals surface area (Å²) >= 11 is 0. The summed E-state index contributed by atoms with van der Waals surface area (Å²) in [4.78, 5) is 0. The Morgan fingerprint density at radius 2 is 1.73 bits per heavy atom. The van der Waals surface area contributed by atoms with Gasteiger partial charge in [-0.3, -0.25) is 0 Å². The van der Waals surface area contributed by atoms with Crippen molar-refractivity contribution in [1.82, 2.24) is 0 Å². The predicted molar refractivity (Wildman–Crippen MR) is 64.6 cm³/mol. The Hall–Kier alpha value is -0.260. The average Bonchev–Trinajstić information content (AvgIpc) is 2.68. The maximum Gasteiger partial charge on any atom is -0.0231 e. The van der Waals surface area contributed by atoms with Gasteiger partial charge in [0.2, 0.25) is 0 Å². The summed E-state index contributed by atoms with van der Waals surface area (Å²) in [5.41, 5.74) is 0.835. The molecule has 2 unspecified atom stereocenters. The minimum atomic E-state index is 0.835. The average molecular weight is 204 g/mol. The highest BCUT2D eigenvalue weighted by atomic mass is 14.6. The first-order chi connectivity index (χ1) is 7.24. The lowest BCUT2D eigenvalue weighted by Crippen LogP contribution is -2.35. The van der Waals surface area contributed by atoms with E-state index < -0.39 is 0 Å². The predicted octanol–water partition coefficient (Wildman–Crippen LogP) is 4.42. The van der Waals surface area contributed by atoms with Gasteiger partial charge >= 0.3 is 0 Å². The fraction of sp³-hybridized carbons (Fsp3) is 0.867. The summed E-state index contributed by atoms with van der Waals surface area (Å²) in [5.74, 6) is 4.09. The van der Waals surface area contributed by atoms with Crippen LogP contribution in [0.1, 0.15) is 51.9 Å². The highest BCUT2D eigenvalue weighted by Gasteiger charge is 2.53. The van der Waals surface area contributed by atoms with Crippen LogP contribution in [-0.2, 0) is 0 Å². The van der Waals surface area contributed by atoms with Crippen LogP contribution in [0.3, 0.4) is 0 Å². The largest absolute Gasteiger partial charge is 0.103 e. The minimum absolute atomic E-state index is 0.835. The standard InChI is InChI=1S/C15H24/c1-3-11-5-13-9-15(10-14(13)6-11)7-12(4-2)8-15/h3,11-14H,1,4-10H2,2H3. The summed E-state index contributed by atoms with van der Waals surface area (Å²) in [6, 6.07) is 0. The minimum Gasteiger partial charge on any atom is -0.103 e. The molecule has 3 saturated carbocycles. The molecular formula is C15H24. The van der Waals surface area contributed by atoms with Crippen molar-refractivity contribution in [2.24, 2.45) is 29.1 Å². The Bertz CT molecular complexity index is 243. The first-order valence-corrected chi connectivity index (χ1v) is 6.87. The first kappa shape index (κ1) is 9.93. The smallest absolute Gasteiger partial charge is 0.0231 e. The summed E-state index contributed by atoms with van der Waals surface area (Å²) in [6.07, 6.45) is 12.8. The Morgan fingerprint density at radius 3 is 2.20 bits per heavy atom. The van der Waals surface area contributed by atoms with Gasteiger partial charge in [-0.2, -0.15) is 0 Å². The van der Waals surface area contributed by atoms with Crippen LogP contribution in [0.4, 0.5) is 0 Å². The van der Waals surface area contributed by atoms with Gasteiger partial charge in [-0.1, -0.05) is 19.4 Å². The molecule has 0 aromatic heterocycles. The summed E-state index contributed by atoms with van der Waals surface area (Å²) < 4.78 is 0. The van der Waals surface area contributed by atoms with Gasteiger partial charge in [-0.05, 0) is 67.6 Å². The molecule has 3 aliphatic rings. The van der Waals surface area contributed by atoms with Crippen LogP contribution >= 0.6 is 0 Å². The van der Waals surface area contributed by atoms with Gasteiger partial charge in [0.1, 0.15) is 0 Å². The van der Waals surface area contributed by atoms with Crippen molar-refractivity contribution in [1.29, 1.82) is 0 Å². The monoisotopic (exact) mass is 204 g/mol. The second-order valence-corrected chi connectivity index (χ2v) is 6.58. The van der Waals surface area contributed by atoms with Gasteiger partial charge in [-0.25, -0.2) is 0 Å². The molecular weight excluding hydrogens is 180 g/mol. The van der Waals surface area contributed by atoms with Gasteiger partial charge < -0.3 is 0 Å². The Kier molecular flexibility index (Phi) is 2.23. The van der Waals surface area contributed by atoms with Crippen LogP contribution < -0.4 is 0 Å². The SMILES string of the molecule is C=CC1CC2CC3(CC(CC)C3)CC2C1. The molecule has 0 nitrogen and oxygen atoms in total. The lowest BCUT2D eigenvalue weighted by molar-refractivity contribution is 0.0491. The molecule has 0 radical (unpaired) electrons. The zero-order chi connectivity index (χ0) is 10.5. The summed E-state index contributed by atoms with van der Waals surface area (Å²) in [7, 11) is 0. The molecule has 0 amide bonds. The lowest BCUT2D eigenvalue weighted by atomic mass is 9.59. The molecule has 3 rings (SSSR count). The molecule has 0 aliphatic heterocycles. The lowest BCUT2D eigenvalue weighted by Gasteiger charge is -2.46. The fourth-order valence-corrected chi connectivity index (χ4v) is 4.93. The van der Waals surface area contributed by atoms with E-state index in [0.29, 0.717) is 0 Å². The van der Waals surface area contributed by atoms with E-state index in [9.17, 15) is 0 Å². The van der Waals surface area contributed by atoms with Crippen LogP contribution in [0.25, 0.3) is 0 Å². The third-order valence-electron chi connectivity index (χ3n) is 5.62. The topological polar surface area (TPSA) is 0 Å². The van der Waals surface area contributed by atoms with Crippen molar-refractivity contribution in [2.75, 3.05) is 0 Å². The Labute approximate surface area is 94.1 Å². The van der Waals surface area contributed by atoms with E-state index in [0.717, 1.165) is 29.1 Å². The quantitative estimate of drug-likeness (QED) is 0.584. The molecule has 0 bridgehead atoms.